The van der Waals surface area contributed by atoms with Crippen LogP contribution >= 0.6 is 0 Å². The molecule has 1 nitrogen and oxygen atoms in total. The summed E-state index contributed by atoms with van der Waals surface area (Å²) in [6.07, 6.45) is 1.21. The lowest BCUT2D eigenvalue weighted by molar-refractivity contribution is 0.384. The monoisotopic (exact) mass is 191 g/mol. The van der Waals surface area contributed by atoms with Crippen LogP contribution < -0.4 is 5.32 Å². The normalized spacial score (nSPS) is 15.1. The van der Waals surface area contributed by atoms with Crippen LogP contribution in [0.4, 0.5) is 0 Å². The van der Waals surface area contributed by atoms with Crippen molar-refractivity contribution in [1.82, 2.24) is 5.32 Å². The molecule has 0 aliphatic rings. The Morgan fingerprint density at radius 3 is 2.29 bits per heavy atom. The fourth-order valence-corrected chi connectivity index (χ4v) is 1.76. The molecule has 78 valence electrons. The van der Waals surface area contributed by atoms with Crippen molar-refractivity contribution in [2.75, 3.05) is 6.54 Å². The Morgan fingerprint density at radius 2 is 1.79 bits per heavy atom. The van der Waals surface area contributed by atoms with Crippen LogP contribution in [0.25, 0.3) is 0 Å². The molecule has 2 atom stereocenters. The van der Waals surface area contributed by atoms with E-state index in [2.05, 4.69) is 56.4 Å². The van der Waals surface area contributed by atoms with E-state index in [4.69, 9.17) is 0 Å². The molecule has 0 amide bonds. The molecule has 0 aliphatic carbocycles. The average Bonchev–Trinajstić information content (AvgIpc) is 2.26. The Labute approximate surface area is 87.5 Å². The van der Waals surface area contributed by atoms with Crippen molar-refractivity contribution in [2.24, 2.45) is 5.92 Å². The zero-order valence-electron chi connectivity index (χ0n) is 9.46. The third kappa shape index (κ3) is 2.85. The standard InChI is InChI=1S/C13H21N/c1-4-11(3)13(14-5-2)12-9-7-6-8-10-12/h6-11,13-14H,4-5H2,1-3H3. The van der Waals surface area contributed by atoms with Crippen LogP contribution in [-0.2, 0) is 0 Å². The van der Waals surface area contributed by atoms with Gasteiger partial charge in [-0.25, -0.2) is 0 Å². The van der Waals surface area contributed by atoms with Crippen molar-refractivity contribution in [3.63, 3.8) is 0 Å². The summed E-state index contributed by atoms with van der Waals surface area (Å²) in [7, 11) is 0. The molecule has 1 rings (SSSR count). The van der Waals surface area contributed by atoms with E-state index in [0.717, 1.165) is 6.54 Å². The van der Waals surface area contributed by atoms with E-state index in [1.807, 2.05) is 0 Å². The lowest BCUT2D eigenvalue weighted by Crippen LogP contribution is -2.26. The second-order valence-corrected chi connectivity index (χ2v) is 3.83. The van der Waals surface area contributed by atoms with Gasteiger partial charge in [-0.2, -0.15) is 0 Å². The maximum atomic E-state index is 3.55. The van der Waals surface area contributed by atoms with Gasteiger partial charge in [-0.1, -0.05) is 57.5 Å². The van der Waals surface area contributed by atoms with E-state index in [0.29, 0.717) is 12.0 Å². The second kappa shape index (κ2) is 5.82. The summed E-state index contributed by atoms with van der Waals surface area (Å²) in [6.45, 7) is 7.75. The van der Waals surface area contributed by atoms with Crippen molar-refractivity contribution in [2.45, 2.75) is 33.2 Å². The first-order chi connectivity index (χ1) is 6.79. The molecule has 0 heterocycles. The molecule has 0 aliphatic heterocycles. The first-order valence-electron chi connectivity index (χ1n) is 5.57. The zero-order valence-corrected chi connectivity index (χ0v) is 9.46. The van der Waals surface area contributed by atoms with E-state index in [9.17, 15) is 0 Å². The highest BCUT2D eigenvalue weighted by atomic mass is 14.9. The molecule has 0 spiro atoms. The molecular weight excluding hydrogens is 170 g/mol. The summed E-state index contributed by atoms with van der Waals surface area (Å²) >= 11 is 0. The maximum absolute atomic E-state index is 3.55. The molecule has 2 unspecified atom stereocenters. The summed E-state index contributed by atoms with van der Waals surface area (Å²) in [6, 6.07) is 11.2. The lowest BCUT2D eigenvalue weighted by Gasteiger charge is -2.24. The SMILES string of the molecule is CCNC(c1ccccc1)C(C)CC. The summed E-state index contributed by atoms with van der Waals surface area (Å²) in [5, 5.41) is 3.55. The van der Waals surface area contributed by atoms with Crippen molar-refractivity contribution >= 4 is 0 Å². The topological polar surface area (TPSA) is 12.0 Å². The van der Waals surface area contributed by atoms with Gasteiger partial charge in [0.05, 0.1) is 0 Å². The summed E-state index contributed by atoms with van der Waals surface area (Å²) in [5.41, 5.74) is 1.41. The highest BCUT2D eigenvalue weighted by Gasteiger charge is 2.15. The number of hydrogen-bond acceptors (Lipinski definition) is 1. The largest absolute Gasteiger partial charge is 0.310 e. The summed E-state index contributed by atoms with van der Waals surface area (Å²) < 4.78 is 0. The number of rotatable bonds is 5. The van der Waals surface area contributed by atoms with Crippen LogP contribution in [0.3, 0.4) is 0 Å². The maximum Gasteiger partial charge on any atom is 0.0345 e. The molecular formula is C13H21N. The second-order valence-electron chi connectivity index (χ2n) is 3.83. The third-order valence-corrected chi connectivity index (χ3v) is 2.80. The van der Waals surface area contributed by atoms with Gasteiger partial charge in [0.15, 0.2) is 0 Å². The molecule has 0 saturated carbocycles. The van der Waals surface area contributed by atoms with E-state index in [1.54, 1.807) is 0 Å². The molecule has 14 heavy (non-hydrogen) atoms. The van der Waals surface area contributed by atoms with Crippen LogP contribution in [0, 0.1) is 5.92 Å². The minimum absolute atomic E-state index is 0.506. The van der Waals surface area contributed by atoms with Crippen molar-refractivity contribution < 1.29 is 0 Å². The van der Waals surface area contributed by atoms with E-state index >= 15 is 0 Å². The third-order valence-electron chi connectivity index (χ3n) is 2.80. The Morgan fingerprint density at radius 1 is 1.14 bits per heavy atom. The Kier molecular flexibility index (Phi) is 4.68. The molecule has 1 aromatic rings. The predicted octanol–water partition coefficient (Wildman–Crippen LogP) is 3.38. The van der Waals surface area contributed by atoms with Crippen LogP contribution in [0.1, 0.15) is 38.8 Å². The van der Waals surface area contributed by atoms with Crippen molar-refractivity contribution in [3.8, 4) is 0 Å². The zero-order chi connectivity index (χ0) is 10.4. The molecule has 0 radical (unpaired) electrons. The highest BCUT2D eigenvalue weighted by molar-refractivity contribution is 5.19. The fourth-order valence-electron chi connectivity index (χ4n) is 1.76. The minimum atomic E-state index is 0.506. The lowest BCUT2D eigenvalue weighted by atomic mass is 9.92. The molecule has 1 N–H and O–H groups in total. The highest BCUT2D eigenvalue weighted by Crippen LogP contribution is 2.23. The van der Waals surface area contributed by atoms with Gasteiger partial charge >= 0.3 is 0 Å². The van der Waals surface area contributed by atoms with E-state index < -0.39 is 0 Å². The Hall–Kier alpha value is -0.820. The van der Waals surface area contributed by atoms with Crippen molar-refractivity contribution in [1.29, 1.82) is 0 Å². The fraction of sp³-hybridized carbons (Fsp3) is 0.538. The number of benzene rings is 1. The molecule has 1 aromatic carbocycles. The van der Waals surface area contributed by atoms with Crippen molar-refractivity contribution in [3.05, 3.63) is 35.9 Å². The van der Waals surface area contributed by atoms with Gasteiger partial charge < -0.3 is 5.32 Å². The average molecular weight is 191 g/mol. The van der Waals surface area contributed by atoms with Crippen LogP contribution in [0.2, 0.25) is 0 Å². The molecule has 0 saturated heterocycles. The summed E-state index contributed by atoms with van der Waals surface area (Å²) in [5.74, 6) is 0.692. The van der Waals surface area contributed by atoms with E-state index in [-0.39, 0.29) is 0 Å². The van der Waals surface area contributed by atoms with Crippen LogP contribution in [-0.4, -0.2) is 6.54 Å². The van der Waals surface area contributed by atoms with Crippen LogP contribution in [0.5, 0.6) is 0 Å². The van der Waals surface area contributed by atoms with Gasteiger partial charge in [-0.3, -0.25) is 0 Å². The molecule has 0 fully saturated rings. The number of hydrogen-bond donors (Lipinski definition) is 1. The molecule has 0 aromatic heterocycles. The van der Waals surface area contributed by atoms with Gasteiger partial charge in [0.2, 0.25) is 0 Å². The van der Waals surface area contributed by atoms with Gasteiger partial charge in [0, 0.05) is 6.04 Å². The Balaban J connectivity index is 2.77. The first-order valence-corrected chi connectivity index (χ1v) is 5.57. The van der Waals surface area contributed by atoms with E-state index in [1.165, 1.54) is 12.0 Å². The summed E-state index contributed by atoms with van der Waals surface area (Å²) in [4.78, 5) is 0. The van der Waals surface area contributed by atoms with Gasteiger partial charge in [-0.05, 0) is 18.0 Å². The smallest absolute Gasteiger partial charge is 0.0345 e. The minimum Gasteiger partial charge on any atom is -0.310 e. The van der Waals surface area contributed by atoms with Crippen LogP contribution in [0.15, 0.2) is 30.3 Å². The predicted molar refractivity (Wildman–Crippen MR) is 62.3 cm³/mol. The number of nitrogens with one attached hydrogen (secondary N) is 1. The molecule has 0 bridgehead atoms. The van der Waals surface area contributed by atoms with Gasteiger partial charge in [0.1, 0.15) is 0 Å². The molecule has 1 heteroatoms. The van der Waals surface area contributed by atoms with Gasteiger partial charge in [-0.15, -0.1) is 0 Å². The quantitative estimate of drug-likeness (QED) is 0.752. The first kappa shape index (κ1) is 11.3. The Bertz CT molecular complexity index is 243. The van der Waals surface area contributed by atoms with Gasteiger partial charge in [0.25, 0.3) is 0 Å².